The SMILES string of the molecule is Nc1ccccc1-c1nc(Cc2cccnc2)no1. The highest BCUT2D eigenvalue weighted by molar-refractivity contribution is 5.69. The average molecular weight is 252 g/mol. The van der Waals surface area contributed by atoms with Gasteiger partial charge in [-0.1, -0.05) is 23.4 Å². The Bertz CT molecular complexity index is 679. The summed E-state index contributed by atoms with van der Waals surface area (Å²) in [4.78, 5) is 8.40. The Morgan fingerprint density at radius 3 is 2.79 bits per heavy atom. The maximum absolute atomic E-state index is 5.88. The molecule has 1 aromatic carbocycles. The van der Waals surface area contributed by atoms with Crippen molar-refractivity contribution in [3.05, 3.63) is 60.2 Å². The molecule has 0 aliphatic heterocycles. The van der Waals surface area contributed by atoms with Gasteiger partial charge in [0.2, 0.25) is 0 Å². The highest BCUT2D eigenvalue weighted by Crippen LogP contribution is 2.23. The van der Waals surface area contributed by atoms with Crippen LogP contribution in [0.5, 0.6) is 0 Å². The summed E-state index contributed by atoms with van der Waals surface area (Å²) in [5, 5.41) is 3.96. The molecule has 0 aliphatic carbocycles. The van der Waals surface area contributed by atoms with Crippen molar-refractivity contribution in [3.63, 3.8) is 0 Å². The van der Waals surface area contributed by atoms with E-state index < -0.39 is 0 Å². The number of hydrogen-bond donors (Lipinski definition) is 1. The van der Waals surface area contributed by atoms with E-state index in [-0.39, 0.29) is 0 Å². The molecule has 0 aliphatic rings. The van der Waals surface area contributed by atoms with Crippen molar-refractivity contribution in [1.29, 1.82) is 0 Å². The van der Waals surface area contributed by atoms with Crippen LogP contribution in [0.3, 0.4) is 0 Å². The van der Waals surface area contributed by atoms with Gasteiger partial charge >= 0.3 is 0 Å². The Kier molecular flexibility index (Phi) is 2.94. The fraction of sp³-hybridized carbons (Fsp3) is 0.0714. The van der Waals surface area contributed by atoms with Gasteiger partial charge in [-0.25, -0.2) is 0 Å². The number of pyridine rings is 1. The van der Waals surface area contributed by atoms with E-state index >= 15 is 0 Å². The molecule has 2 heterocycles. The zero-order valence-corrected chi connectivity index (χ0v) is 10.2. The van der Waals surface area contributed by atoms with Gasteiger partial charge in [0.15, 0.2) is 5.82 Å². The van der Waals surface area contributed by atoms with Crippen molar-refractivity contribution in [1.82, 2.24) is 15.1 Å². The van der Waals surface area contributed by atoms with Gasteiger partial charge in [0.25, 0.3) is 5.89 Å². The molecule has 19 heavy (non-hydrogen) atoms. The third-order valence-corrected chi connectivity index (χ3v) is 2.74. The number of benzene rings is 1. The zero-order valence-electron chi connectivity index (χ0n) is 10.2. The standard InChI is InChI=1S/C14H12N4O/c15-12-6-2-1-5-11(12)14-17-13(18-19-14)8-10-4-3-7-16-9-10/h1-7,9H,8,15H2. The summed E-state index contributed by atoms with van der Waals surface area (Å²) >= 11 is 0. The van der Waals surface area contributed by atoms with Gasteiger partial charge in [0, 0.05) is 24.5 Å². The molecule has 5 heteroatoms. The van der Waals surface area contributed by atoms with Crippen LogP contribution >= 0.6 is 0 Å². The van der Waals surface area contributed by atoms with Crippen LogP contribution in [0.2, 0.25) is 0 Å². The van der Waals surface area contributed by atoms with Crippen molar-refractivity contribution in [2.24, 2.45) is 0 Å². The van der Waals surface area contributed by atoms with E-state index in [0.29, 0.717) is 23.8 Å². The first-order valence-electron chi connectivity index (χ1n) is 5.89. The Balaban J connectivity index is 1.86. The van der Waals surface area contributed by atoms with Crippen molar-refractivity contribution in [2.75, 3.05) is 5.73 Å². The topological polar surface area (TPSA) is 77.8 Å². The molecular weight excluding hydrogens is 240 g/mol. The lowest BCUT2D eigenvalue weighted by atomic mass is 10.2. The summed E-state index contributed by atoms with van der Waals surface area (Å²) in [5.41, 5.74) is 8.30. The van der Waals surface area contributed by atoms with E-state index in [1.165, 1.54) is 0 Å². The molecule has 0 unspecified atom stereocenters. The normalized spacial score (nSPS) is 10.5. The summed E-state index contributed by atoms with van der Waals surface area (Å²) in [6.07, 6.45) is 4.10. The zero-order chi connectivity index (χ0) is 13.1. The molecule has 2 aromatic heterocycles. The van der Waals surface area contributed by atoms with Gasteiger partial charge in [-0.15, -0.1) is 0 Å². The summed E-state index contributed by atoms with van der Waals surface area (Å²) in [5.74, 6) is 1.06. The summed E-state index contributed by atoms with van der Waals surface area (Å²) in [6, 6.07) is 11.3. The van der Waals surface area contributed by atoms with Crippen LogP contribution in [0.1, 0.15) is 11.4 Å². The van der Waals surface area contributed by atoms with Crippen molar-refractivity contribution in [3.8, 4) is 11.5 Å². The van der Waals surface area contributed by atoms with Gasteiger partial charge in [-0.3, -0.25) is 4.98 Å². The molecule has 0 fully saturated rings. The minimum absolute atomic E-state index is 0.442. The third-order valence-electron chi connectivity index (χ3n) is 2.74. The first-order chi connectivity index (χ1) is 9.33. The van der Waals surface area contributed by atoms with Crippen molar-refractivity contribution in [2.45, 2.75) is 6.42 Å². The van der Waals surface area contributed by atoms with Crippen molar-refractivity contribution < 1.29 is 4.52 Å². The average Bonchev–Trinajstić information content (AvgIpc) is 2.89. The number of nitrogens with zero attached hydrogens (tertiary/aromatic N) is 3. The first-order valence-corrected chi connectivity index (χ1v) is 5.89. The maximum Gasteiger partial charge on any atom is 0.260 e. The van der Waals surface area contributed by atoms with E-state index in [1.54, 1.807) is 18.5 Å². The van der Waals surface area contributed by atoms with Gasteiger partial charge in [0.05, 0.1) is 5.56 Å². The van der Waals surface area contributed by atoms with E-state index in [2.05, 4.69) is 15.1 Å². The number of nitrogens with two attached hydrogens (primary N) is 1. The molecule has 5 nitrogen and oxygen atoms in total. The number of rotatable bonds is 3. The van der Waals surface area contributed by atoms with E-state index in [0.717, 1.165) is 11.1 Å². The highest BCUT2D eigenvalue weighted by atomic mass is 16.5. The van der Waals surface area contributed by atoms with Crippen LogP contribution in [0.25, 0.3) is 11.5 Å². The molecule has 2 N–H and O–H groups in total. The minimum Gasteiger partial charge on any atom is -0.398 e. The molecule has 0 radical (unpaired) electrons. The predicted molar refractivity (Wildman–Crippen MR) is 71.2 cm³/mol. The van der Waals surface area contributed by atoms with Crippen molar-refractivity contribution >= 4 is 5.69 Å². The summed E-state index contributed by atoms with van der Waals surface area (Å²) in [6.45, 7) is 0. The Morgan fingerprint density at radius 2 is 2.00 bits per heavy atom. The number of para-hydroxylation sites is 1. The van der Waals surface area contributed by atoms with Gasteiger partial charge in [0.1, 0.15) is 0 Å². The number of aromatic nitrogens is 3. The molecule has 3 aromatic rings. The summed E-state index contributed by atoms with van der Waals surface area (Å²) in [7, 11) is 0. The summed E-state index contributed by atoms with van der Waals surface area (Å²) < 4.78 is 5.24. The predicted octanol–water partition coefficient (Wildman–Crippen LogP) is 2.30. The Hall–Kier alpha value is -2.69. The number of nitrogen functional groups attached to an aromatic ring is 1. The molecular formula is C14H12N4O. The van der Waals surface area contributed by atoms with Crippen LogP contribution in [0.15, 0.2) is 53.3 Å². The second kappa shape index (κ2) is 4.89. The van der Waals surface area contributed by atoms with Crippen LogP contribution < -0.4 is 5.73 Å². The second-order valence-electron chi connectivity index (χ2n) is 4.14. The third kappa shape index (κ3) is 2.44. The molecule has 0 bridgehead atoms. The Labute approximate surface area is 110 Å². The minimum atomic E-state index is 0.442. The van der Waals surface area contributed by atoms with Gasteiger partial charge in [-0.2, -0.15) is 4.98 Å². The quantitative estimate of drug-likeness (QED) is 0.724. The van der Waals surface area contributed by atoms with E-state index in [9.17, 15) is 0 Å². The smallest absolute Gasteiger partial charge is 0.260 e. The largest absolute Gasteiger partial charge is 0.398 e. The monoisotopic (exact) mass is 252 g/mol. The fourth-order valence-electron chi connectivity index (χ4n) is 1.81. The molecule has 0 spiro atoms. The lowest BCUT2D eigenvalue weighted by molar-refractivity contribution is 0.424. The molecule has 0 saturated carbocycles. The first kappa shape index (κ1) is 11.4. The fourth-order valence-corrected chi connectivity index (χ4v) is 1.81. The second-order valence-corrected chi connectivity index (χ2v) is 4.14. The van der Waals surface area contributed by atoms with Crippen LogP contribution in [0.4, 0.5) is 5.69 Å². The molecule has 3 rings (SSSR count). The van der Waals surface area contributed by atoms with Crippen LogP contribution in [0, 0.1) is 0 Å². The van der Waals surface area contributed by atoms with E-state index in [4.69, 9.17) is 10.3 Å². The number of anilines is 1. The molecule has 0 atom stereocenters. The highest BCUT2D eigenvalue weighted by Gasteiger charge is 2.11. The van der Waals surface area contributed by atoms with Crippen LogP contribution in [-0.2, 0) is 6.42 Å². The molecule has 0 amide bonds. The van der Waals surface area contributed by atoms with E-state index in [1.807, 2.05) is 30.3 Å². The van der Waals surface area contributed by atoms with Gasteiger partial charge < -0.3 is 10.3 Å². The molecule has 94 valence electrons. The molecule has 0 saturated heterocycles. The lowest BCUT2D eigenvalue weighted by Crippen LogP contribution is -1.92. The maximum atomic E-state index is 5.88. The van der Waals surface area contributed by atoms with Crippen LogP contribution in [-0.4, -0.2) is 15.1 Å². The number of hydrogen-bond acceptors (Lipinski definition) is 5. The van der Waals surface area contributed by atoms with Gasteiger partial charge in [-0.05, 0) is 23.8 Å². The Morgan fingerprint density at radius 1 is 1.11 bits per heavy atom. The lowest BCUT2D eigenvalue weighted by Gasteiger charge is -1.97.